The molecule has 0 aromatic heterocycles. The van der Waals surface area contributed by atoms with Gasteiger partial charge in [0.1, 0.15) is 5.69 Å². The van der Waals surface area contributed by atoms with Crippen LogP contribution >= 0.6 is 0 Å². The molecular formula is C15H21N3O3. The topological polar surface area (TPSA) is 75.5 Å². The summed E-state index contributed by atoms with van der Waals surface area (Å²) in [6, 6.07) is 4.62. The van der Waals surface area contributed by atoms with Crippen molar-refractivity contribution in [1.82, 2.24) is 4.90 Å². The largest absolute Gasteiger partial charge is 0.382 e. The third-order valence-electron chi connectivity index (χ3n) is 4.10. The van der Waals surface area contributed by atoms with Crippen molar-refractivity contribution in [3.05, 3.63) is 33.9 Å². The molecule has 0 bridgehead atoms. The van der Waals surface area contributed by atoms with E-state index in [1.165, 1.54) is 6.07 Å². The summed E-state index contributed by atoms with van der Waals surface area (Å²) in [5.74, 6) is 0.403. The molecule has 0 aliphatic carbocycles. The molecule has 1 heterocycles. The molecule has 114 valence electrons. The fourth-order valence-electron chi connectivity index (χ4n) is 2.89. The zero-order valence-corrected chi connectivity index (χ0v) is 12.5. The van der Waals surface area contributed by atoms with Crippen molar-refractivity contribution >= 4 is 17.3 Å². The number of para-hydroxylation sites is 1. The minimum atomic E-state index is -0.465. The van der Waals surface area contributed by atoms with Gasteiger partial charge in [0.2, 0.25) is 0 Å². The van der Waals surface area contributed by atoms with Gasteiger partial charge in [0.15, 0.2) is 0 Å². The number of nitrogens with one attached hydrogen (secondary N) is 1. The number of nitrogens with zero attached hydrogens (tertiary/aromatic N) is 2. The summed E-state index contributed by atoms with van der Waals surface area (Å²) in [6.07, 6.45) is 3.19. The van der Waals surface area contributed by atoms with Gasteiger partial charge in [-0.15, -0.1) is 0 Å². The maximum absolute atomic E-state index is 12.7. The van der Waals surface area contributed by atoms with Gasteiger partial charge in [-0.05, 0) is 24.8 Å². The van der Waals surface area contributed by atoms with E-state index in [9.17, 15) is 14.9 Å². The normalized spacial score (nSPS) is 18.4. The van der Waals surface area contributed by atoms with E-state index in [1.807, 2.05) is 4.90 Å². The summed E-state index contributed by atoms with van der Waals surface area (Å²) in [4.78, 5) is 25.1. The van der Waals surface area contributed by atoms with Crippen molar-refractivity contribution in [1.29, 1.82) is 0 Å². The van der Waals surface area contributed by atoms with Crippen LogP contribution in [0.5, 0.6) is 0 Å². The maximum atomic E-state index is 12.7. The summed E-state index contributed by atoms with van der Waals surface area (Å²) in [6.45, 7) is 3.59. The first kappa shape index (κ1) is 15.3. The molecule has 6 heteroatoms. The van der Waals surface area contributed by atoms with Gasteiger partial charge in [-0.1, -0.05) is 19.4 Å². The van der Waals surface area contributed by atoms with Crippen LogP contribution in [0.4, 0.5) is 11.4 Å². The second-order valence-corrected chi connectivity index (χ2v) is 5.37. The van der Waals surface area contributed by atoms with E-state index in [1.54, 1.807) is 19.2 Å². The van der Waals surface area contributed by atoms with Crippen LogP contribution in [0.25, 0.3) is 0 Å². The maximum Gasteiger partial charge on any atom is 0.293 e. The predicted octanol–water partition coefficient (Wildman–Crippen LogP) is 2.90. The van der Waals surface area contributed by atoms with Crippen LogP contribution in [0.2, 0.25) is 0 Å². The highest BCUT2D eigenvalue weighted by Gasteiger charge is 2.27. The average Bonchev–Trinajstić information content (AvgIpc) is 2.53. The van der Waals surface area contributed by atoms with Gasteiger partial charge >= 0.3 is 0 Å². The SMILES string of the molecule is CCC1CCCN(C(=O)c2cccc([N+](=O)[O-])c2NC)C1. The number of rotatable bonds is 4. The molecule has 1 unspecified atom stereocenters. The first-order valence-corrected chi connectivity index (χ1v) is 7.32. The predicted molar refractivity (Wildman–Crippen MR) is 81.6 cm³/mol. The Morgan fingerprint density at radius 1 is 1.52 bits per heavy atom. The Bertz CT molecular complexity index is 545. The molecule has 1 atom stereocenters. The molecule has 2 rings (SSSR count). The van der Waals surface area contributed by atoms with Crippen LogP contribution in [0, 0.1) is 16.0 Å². The summed E-state index contributed by atoms with van der Waals surface area (Å²) in [5.41, 5.74) is 0.613. The minimum Gasteiger partial charge on any atom is -0.382 e. The summed E-state index contributed by atoms with van der Waals surface area (Å²) in [5, 5.41) is 13.9. The standard InChI is InChI=1S/C15H21N3O3/c1-3-11-6-5-9-17(10-11)15(19)12-7-4-8-13(18(20)21)14(12)16-2/h4,7-8,11,16H,3,5-6,9-10H2,1-2H3. The third kappa shape index (κ3) is 3.15. The fourth-order valence-corrected chi connectivity index (χ4v) is 2.89. The molecule has 1 fully saturated rings. The van der Waals surface area contributed by atoms with E-state index in [0.717, 1.165) is 32.4 Å². The zero-order valence-electron chi connectivity index (χ0n) is 12.5. The van der Waals surface area contributed by atoms with Crippen molar-refractivity contribution in [2.75, 3.05) is 25.5 Å². The van der Waals surface area contributed by atoms with Gasteiger partial charge in [0.05, 0.1) is 10.5 Å². The highest BCUT2D eigenvalue weighted by Crippen LogP contribution is 2.30. The van der Waals surface area contributed by atoms with E-state index in [-0.39, 0.29) is 11.6 Å². The first-order valence-electron chi connectivity index (χ1n) is 7.32. The highest BCUT2D eigenvalue weighted by atomic mass is 16.6. The minimum absolute atomic E-state index is 0.0626. The molecule has 1 N–H and O–H groups in total. The number of amides is 1. The van der Waals surface area contributed by atoms with E-state index in [4.69, 9.17) is 0 Å². The van der Waals surface area contributed by atoms with Crippen LogP contribution in [-0.2, 0) is 0 Å². The molecule has 1 aliphatic rings. The van der Waals surface area contributed by atoms with Gasteiger partial charge in [0.25, 0.3) is 11.6 Å². The molecule has 1 aromatic rings. The number of nitro benzene ring substituents is 1. The van der Waals surface area contributed by atoms with Gasteiger partial charge in [0, 0.05) is 26.2 Å². The molecule has 6 nitrogen and oxygen atoms in total. The Morgan fingerprint density at radius 3 is 2.90 bits per heavy atom. The number of hydrogen-bond acceptors (Lipinski definition) is 4. The Labute approximate surface area is 124 Å². The summed E-state index contributed by atoms with van der Waals surface area (Å²) in [7, 11) is 1.60. The number of hydrogen-bond donors (Lipinski definition) is 1. The van der Waals surface area contributed by atoms with Crippen molar-refractivity contribution in [2.45, 2.75) is 26.2 Å². The van der Waals surface area contributed by atoms with Crippen LogP contribution in [0.3, 0.4) is 0 Å². The van der Waals surface area contributed by atoms with Crippen molar-refractivity contribution in [3.63, 3.8) is 0 Å². The second kappa shape index (κ2) is 6.56. The number of carbonyl (C=O) groups is 1. The Morgan fingerprint density at radius 2 is 2.29 bits per heavy atom. The van der Waals surface area contributed by atoms with Crippen molar-refractivity contribution in [2.24, 2.45) is 5.92 Å². The molecule has 0 saturated carbocycles. The van der Waals surface area contributed by atoms with Crippen LogP contribution < -0.4 is 5.32 Å². The molecule has 21 heavy (non-hydrogen) atoms. The molecule has 0 spiro atoms. The lowest BCUT2D eigenvalue weighted by molar-refractivity contribution is -0.384. The monoisotopic (exact) mass is 291 g/mol. The lowest BCUT2D eigenvalue weighted by Crippen LogP contribution is -2.40. The van der Waals surface area contributed by atoms with Gasteiger partial charge in [-0.25, -0.2) is 0 Å². The quantitative estimate of drug-likeness (QED) is 0.683. The van der Waals surface area contributed by atoms with Gasteiger partial charge in [-0.2, -0.15) is 0 Å². The fraction of sp³-hybridized carbons (Fsp3) is 0.533. The molecule has 1 saturated heterocycles. The van der Waals surface area contributed by atoms with Crippen LogP contribution in [0.1, 0.15) is 36.5 Å². The number of likely N-dealkylation sites (tertiary alicyclic amines) is 1. The summed E-state index contributed by atoms with van der Waals surface area (Å²) < 4.78 is 0. The van der Waals surface area contributed by atoms with Crippen LogP contribution in [0.15, 0.2) is 18.2 Å². The number of benzene rings is 1. The van der Waals surface area contributed by atoms with E-state index in [0.29, 0.717) is 17.2 Å². The van der Waals surface area contributed by atoms with E-state index < -0.39 is 4.92 Å². The van der Waals surface area contributed by atoms with Crippen LogP contribution in [-0.4, -0.2) is 35.9 Å². The Balaban J connectivity index is 2.30. The lowest BCUT2D eigenvalue weighted by atomic mass is 9.95. The first-order chi connectivity index (χ1) is 10.1. The van der Waals surface area contributed by atoms with E-state index in [2.05, 4.69) is 12.2 Å². The second-order valence-electron chi connectivity index (χ2n) is 5.37. The number of anilines is 1. The summed E-state index contributed by atoms with van der Waals surface area (Å²) >= 11 is 0. The highest BCUT2D eigenvalue weighted by molar-refractivity contribution is 6.01. The lowest BCUT2D eigenvalue weighted by Gasteiger charge is -2.32. The molecule has 1 amide bonds. The van der Waals surface area contributed by atoms with E-state index >= 15 is 0 Å². The number of nitro groups is 1. The number of piperidine rings is 1. The molecule has 1 aliphatic heterocycles. The molecule has 1 aromatic carbocycles. The van der Waals surface area contributed by atoms with Crippen molar-refractivity contribution in [3.8, 4) is 0 Å². The number of carbonyl (C=O) groups excluding carboxylic acids is 1. The van der Waals surface area contributed by atoms with Gasteiger partial charge in [-0.3, -0.25) is 14.9 Å². The van der Waals surface area contributed by atoms with Gasteiger partial charge < -0.3 is 10.2 Å². The van der Waals surface area contributed by atoms with Crippen molar-refractivity contribution < 1.29 is 9.72 Å². The molecule has 0 radical (unpaired) electrons. The molecular weight excluding hydrogens is 270 g/mol. The average molecular weight is 291 g/mol. The smallest absolute Gasteiger partial charge is 0.293 e. The zero-order chi connectivity index (χ0) is 15.4. The Hall–Kier alpha value is -2.11. The Kier molecular flexibility index (Phi) is 4.77. The third-order valence-corrected chi connectivity index (χ3v) is 4.10.